The summed E-state index contributed by atoms with van der Waals surface area (Å²) in [6.07, 6.45) is 2.48. The molecule has 0 radical (unpaired) electrons. The number of carbonyl (C=O) groups excluding carboxylic acids is 1. The molecule has 0 saturated carbocycles. The summed E-state index contributed by atoms with van der Waals surface area (Å²) in [5, 5.41) is 3.38. The van der Waals surface area contributed by atoms with E-state index >= 15 is 0 Å². The molecule has 0 saturated heterocycles. The highest BCUT2D eigenvalue weighted by atomic mass is 32.2. The molecule has 88 valence electrons. The summed E-state index contributed by atoms with van der Waals surface area (Å²) < 4.78 is 0. The van der Waals surface area contributed by atoms with E-state index < -0.39 is 0 Å². The molecule has 1 aromatic rings. The Hall–Kier alpha value is -0.610. The lowest BCUT2D eigenvalue weighted by Crippen LogP contribution is -2.30. The van der Waals surface area contributed by atoms with Crippen LogP contribution in [0.3, 0.4) is 0 Å². The molecule has 0 fully saturated rings. The third kappa shape index (κ3) is 4.94. The first-order valence-corrected chi connectivity index (χ1v) is 6.92. The molecular formula is C12H17NOS2. The minimum atomic E-state index is 0.0767. The fourth-order valence-corrected chi connectivity index (χ4v) is 1.60. The Morgan fingerprint density at radius 2 is 2.06 bits per heavy atom. The Bertz CT molecular complexity index is 337. The Morgan fingerprint density at radius 1 is 1.44 bits per heavy atom. The van der Waals surface area contributed by atoms with Gasteiger partial charge in [-0.3, -0.25) is 4.79 Å². The van der Waals surface area contributed by atoms with Crippen LogP contribution >= 0.6 is 24.4 Å². The van der Waals surface area contributed by atoms with Crippen molar-refractivity contribution in [3.05, 3.63) is 29.8 Å². The molecule has 16 heavy (non-hydrogen) atoms. The smallest absolute Gasteiger partial charge is 0.224 e. The number of carbonyl (C=O) groups is 1. The number of benzene rings is 1. The van der Waals surface area contributed by atoms with Gasteiger partial charge in [-0.05, 0) is 24.0 Å². The second-order valence-corrected chi connectivity index (χ2v) is 5.49. The maximum absolute atomic E-state index is 11.6. The van der Waals surface area contributed by atoms with Gasteiger partial charge in [-0.2, -0.15) is 11.8 Å². The van der Waals surface area contributed by atoms with Crippen molar-refractivity contribution in [2.24, 2.45) is 0 Å². The second-order valence-electron chi connectivity index (χ2n) is 3.69. The molecule has 1 amide bonds. The summed E-state index contributed by atoms with van der Waals surface area (Å²) in [5.74, 6) is 0.0767. The molecule has 0 aliphatic carbocycles. The molecule has 1 N–H and O–H groups in total. The van der Waals surface area contributed by atoms with E-state index in [9.17, 15) is 4.79 Å². The van der Waals surface area contributed by atoms with Gasteiger partial charge in [0.2, 0.25) is 5.91 Å². The molecule has 1 unspecified atom stereocenters. The highest BCUT2D eigenvalue weighted by Crippen LogP contribution is 2.08. The Kier molecular flexibility index (Phi) is 5.77. The summed E-state index contributed by atoms with van der Waals surface area (Å²) in [5.41, 5.74) is 1.02. The largest absolute Gasteiger partial charge is 0.355 e. The Balaban J connectivity index is 2.37. The predicted molar refractivity (Wildman–Crippen MR) is 73.4 cm³/mol. The molecule has 1 aromatic carbocycles. The van der Waals surface area contributed by atoms with Crippen LogP contribution in [0, 0.1) is 0 Å². The summed E-state index contributed by atoms with van der Waals surface area (Å²) in [6.45, 7) is 2.82. The van der Waals surface area contributed by atoms with Gasteiger partial charge in [0.05, 0.1) is 6.42 Å². The van der Waals surface area contributed by atoms with Crippen LogP contribution < -0.4 is 5.32 Å². The third-order valence-electron chi connectivity index (χ3n) is 2.29. The van der Waals surface area contributed by atoms with Crippen molar-refractivity contribution in [1.29, 1.82) is 0 Å². The lowest BCUT2D eigenvalue weighted by molar-refractivity contribution is -0.120. The van der Waals surface area contributed by atoms with Crippen molar-refractivity contribution in [2.75, 3.05) is 12.8 Å². The van der Waals surface area contributed by atoms with E-state index in [4.69, 9.17) is 0 Å². The van der Waals surface area contributed by atoms with Gasteiger partial charge in [0.15, 0.2) is 0 Å². The molecule has 0 aromatic heterocycles. The van der Waals surface area contributed by atoms with Gasteiger partial charge in [-0.15, -0.1) is 12.6 Å². The molecule has 0 aliphatic rings. The van der Waals surface area contributed by atoms with Crippen molar-refractivity contribution < 1.29 is 4.79 Å². The minimum absolute atomic E-state index is 0.0767. The number of amides is 1. The Labute approximate surface area is 107 Å². The van der Waals surface area contributed by atoms with Crippen molar-refractivity contribution in [1.82, 2.24) is 5.32 Å². The van der Waals surface area contributed by atoms with Gasteiger partial charge in [0.25, 0.3) is 0 Å². The first-order valence-electron chi connectivity index (χ1n) is 5.19. The highest BCUT2D eigenvalue weighted by Gasteiger charge is 2.05. The molecule has 2 nitrogen and oxygen atoms in total. The summed E-state index contributed by atoms with van der Waals surface area (Å²) in [4.78, 5) is 12.5. The first-order chi connectivity index (χ1) is 7.61. The predicted octanol–water partition coefficient (Wildman–Crippen LogP) is 2.39. The first kappa shape index (κ1) is 13.5. The average molecular weight is 255 g/mol. The molecule has 0 heterocycles. The minimum Gasteiger partial charge on any atom is -0.355 e. The van der Waals surface area contributed by atoms with Gasteiger partial charge in [-0.1, -0.05) is 19.1 Å². The second kappa shape index (κ2) is 6.86. The quantitative estimate of drug-likeness (QED) is 0.791. The number of hydrogen-bond donors (Lipinski definition) is 2. The third-order valence-corrected chi connectivity index (χ3v) is 3.56. The summed E-state index contributed by atoms with van der Waals surface area (Å²) in [6, 6.07) is 7.66. The van der Waals surface area contributed by atoms with Crippen molar-refractivity contribution in [3.63, 3.8) is 0 Å². The van der Waals surface area contributed by atoms with Gasteiger partial charge >= 0.3 is 0 Å². The molecule has 4 heteroatoms. The zero-order valence-corrected chi connectivity index (χ0v) is 11.3. The maximum Gasteiger partial charge on any atom is 0.224 e. The number of thioether (sulfide) groups is 1. The van der Waals surface area contributed by atoms with Crippen molar-refractivity contribution in [2.45, 2.75) is 23.5 Å². The normalized spacial score (nSPS) is 12.2. The molecular weight excluding hydrogens is 238 g/mol. The van der Waals surface area contributed by atoms with Crippen LogP contribution in [0.1, 0.15) is 12.5 Å². The van der Waals surface area contributed by atoms with Crippen LogP contribution in [0.2, 0.25) is 0 Å². The van der Waals surface area contributed by atoms with Gasteiger partial charge in [0, 0.05) is 16.7 Å². The monoisotopic (exact) mass is 255 g/mol. The van der Waals surface area contributed by atoms with E-state index in [1.807, 2.05) is 30.5 Å². The SMILES string of the molecule is CSC(C)CNC(=O)Cc1ccc(S)cc1. The fraction of sp³-hybridized carbons (Fsp3) is 0.417. The molecule has 0 aliphatic heterocycles. The lowest BCUT2D eigenvalue weighted by atomic mass is 10.1. The summed E-state index contributed by atoms with van der Waals surface area (Å²) in [7, 11) is 0. The van der Waals surface area contributed by atoms with Gasteiger partial charge in [-0.25, -0.2) is 0 Å². The van der Waals surface area contributed by atoms with Crippen LogP contribution in [0.5, 0.6) is 0 Å². The van der Waals surface area contributed by atoms with Gasteiger partial charge in [0.1, 0.15) is 0 Å². The van der Waals surface area contributed by atoms with E-state index in [0.717, 1.165) is 17.0 Å². The topological polar surface area (TPSA) is 29.1 Å². The van der Waals surface area contributed by atoms with E-state index in [1.54, 1.807) is 11.8 Å². The van der Waals surface area contributed by atoms with Crippen molar-refractivity contribution in [3.8, 4) is 0 Å². The van der Waals surface area contributed by atoms with Gasteiger partial charge < -0.3 is 5.32 Å². The molecule has 0 spiro atoms. The number of thiol groups is 1. The van der Waals surface area contributed by atoms with Crippen LogP contribution in [-0.2, 0) is 11.2 Å². The zero-order valence-electron chi connectivity index (χ0n) is 9.56. The van der Waals surface area contributed by atoms with E-state index in [2.05, 4.69) is 24.9 Å². The van der Waals surface area contributed by atoms with E-state index in [-0.39, 0.29) is 5.91 Å². The maximum atomic E-state index is 11.6. The van der Waals surface area contributed by atoms with Crippen LogP contribution in [0.4, 0.5) is 0 Å². The highest BCUT2D eigenvalue weighted by molar-refractivity contribution is 7.99. The van der Waals surface area contributed by atoms with E-state index in [1.165, 1.54) is 0 Å². The standard InChI is InChI=1S/C12H17NOS2/c1-9(16-2)8-13-12(14)7-10-3-5-11(15)6-4-10/h3-6,9,15H,7-8H2,1-2H3,(H,13,14). The fourth-order valence-electron chi connectivity index (χ4n) is 1.20. The van der Waals surface area contributed by atoms with Crippen LogP contribution in [0.25, 0.3) is 0 Å². The zero-order chi connectivity index (χ0) is 12.0. The Morgan fingerprint density at radius 3 is 2.62 bits per heavy atom. The van der Waals surface area contributed by atoms with Crippen molar-refractivity contribution >= 4 is 30.3 Å². The summed E-state index contributed by atoms with van der Waals surface area (Å²) >= 11 is 5.95. The number of nitrogens with one attached hydrogen (secondary N) is 1. The molecule has 1 rings (SSSR count). The molecule has 0 bridgehead atoms. The van der Waals surface area contributed by atoms with E-state index in [0.29, 0.717) is 11.7 Å². The average Bonchev–Trinajstić information content (AvgIpc) is 2.29. The number of rotatable bonds is 5. The van der Waals surface area contributed by atoms with Crippen LogP contribution in [0.15, 0.2) is 29.2 Å². The molecule has 1 atom stereocenters. The lowest BCUT2D eigenvalue weighted by Gasteiger charge is -2.09. The van der Waals surface area contributed by atoms with Crippen LogP contribution in [-0.4, -0.2) is 24.0 Å². The number of hydrogen-bond acceptors (Lipinski definition) is 3.